The van der Waals surface area contributed by atoms with E-state index in [1.54, 1.807) is 0 Å². The number of aryl methyl sites for hydroxylation is 1. The number of fused-ring (bicyclic) bond motifs is 1. The van der Waals surface area contributed by atoms with E-state index >= 15 is 0 Å². The van der Waals surface area contributed by atoms with Crippen LogP contribution >= 0.6 is 0 Å². The molecule has 2 unspecified atom stereocenters. The number of aromatic nitrogens is 1. The maximum absolute atomic E-state index is 5.95. The first kappa shape index (κ1) is 11.8. The maximum atomic E-state index is 5.95. The molecule has 3 rings (SSSR count). The van der Waals surface area contributed by atoms with Gasteiger partial charge in [-0.15, -0.1) is 0 Å². The third-order valence-electron chi connectivity index (χ3n) is 4.26. The summed E-state index contributed by atoms with van der Waals surface area (Å²) in [5, 5.41) is 4.89. The molecule has 3 N–H and O–H groups in total. The second-order valence-electron chi connectivity index (χ2n) is 5.31. The van der Waals surface area contributed by atoms with Gasteiger partial charge in [-0.1, -0.05) is 18.2 Å². The van der Waals surface area contributed by atoms with Crippen molar-refractivity contribution >= 4 is 10.9 Å². The summed E-state index contributed by atoms with van der Waals surface area (Å²) in [6.07, 6.45) is 3.47. The lowest BCUT2D eigenvalue weighted by molar-refractivity contribution is 0.332. The first-order valence-corrected chi connectivity index (χ1v) is 6.76. The van der Waals surface area contributed by atoms with Crippen molar-refractivity contribution in [2.45, 2.75) is 12.3 Å². The van der Waals surface area contributed by atoms with E-state index in [2.05, 4.69) is 47.4 Å². The van der Waals surface area contributed by atoms with Crippen molar-refractivity contribution in [1.82, 2.24) is 9.88 Å². The summed E-state index contributed by atoms with van der Waals surface area (Å²) >= 11 is 0. The summed E-state index contributed by atoms with van der Waals surface area (Å²) in [7, 11) is 2.12. The Morgan fingerprint density at radius 1 is 1.39 bits per heavy atom. The molecule has 1 aromatic carbocycles. The normalized spacial score (nSPS) is 24.6. The molecule has 2 aromatic rings. The fourth-order valence-corrected chi connectivity index (χ4v) is 3.23. The van der Waals surface area contributed by atoms with E-state index in [4.69, 9.17) is 5.73 Å². The molecule has 0 amide bonds. The average molecular weight is 243 g/mol. The molecule has 96 valence electrons. The van der Waals surface area contributed by atoms with Crippen molar-refractivity contribution < 1.29 is 0 Å². The van der Waals surface area contributed by atoms with Gasteiger partial charge in [-0.25, -0.2) is 0 Å². The van der Waals surface area contributed by atoms with Gasteiger partial charge in [0, 0.05) is 36.6 Å². The van der Waals surface area contributed by atoms with Crippen molar-refractivity contribution in [3.05, 3.63) is 36.0 Å². The molecule has 1 fully saturated rings. The summed E-state index contributed by atoms with van der Waals surface area (Å²) in [5.74, 6) is 1.16. The summed E-state index contributed by atoms with van der Waals surface area (Å²) in [4.78, 5) is 0. The van der Waals surface area contributed by atoms with Gasteiger partial charge in [0.1, 0.15) is 0 Å². The van der Waals surface area contributed by atoms with E-state index < -0.39 is 0 Å². The first-order valence-electron chi connectivity index (χ1n) is 6.76. The van der Waals surface area contributed by atoms with Crippen LogP contribution in [0.25, 0.3) is 10.9 Å². The zero-order chi connectivity index (χ0) is 12.5. The van der Waals surface area contributed by atoms with Crippen molar-refractivity contribution in [2.24, 2.45) is 18.7 Å². The Bertz CT molecular complexity index is 544. The second kappa shape index (κ2) is 4.75. The summed E-state index contributed by atoms with van der Waals surface area (Å²) in [6.45, 7) is 2.94. The van der Waals surface area contributed by atoms with Crippen molar-refractivity contribution in [2.75, 3.05) is 19.6 Å². The van der Waals surface area contributed by atoms with E-state index in [9.17, 15) is 0 Å². The van der Waals surface area contributed by atoms with Crippen LogP contribution in [-0.2, 0) is 7.05 Å². The minimum absolute atomic E-state index is 0.551. The lowest BCUT2D eigenvalue weighted by Gasteiger charge is -2.31. The molecule has 0 bridgehead atoms. The number of hydrogen-bond donors (Lipinski definition) is 2. The fourth-order valence-electron chi connectivity index (χ4n) is 3.23. The second-order valence-corrected chi connectivity index (χ2v) is 5.31. The minimum atomic E-state index is 0.551. The quantitative estimate of drug-likeness (QED) is 0.845. The Morgan fingerprint density at radius 2 is 2.22 bits per heavy atom. The highest BCUT2D eigenvalue weighted by Gasteiger charge is 2.27. The highest BCUT2D eigenvalue weighted by Crippen LogP contribution is 2.34. The molecule has 3 heteroatoms. The molecule has 0 spiro atoms. The summed E-state index contributed by atoms with van der Waals surface area (Å²) in [5.41, 5.74) is 8.72. The van der Waals surface area contributed by atoms with E-state index in [1.807, 2.05) is 0 Å². The lowest BCUT2D eigenvalue weighted by Crippen LogP contribution is -2.38. The van der Waals surface area contributed by atoms with Gasteiger partial charge in [0.25, 0.3) is 0 Å². The number of para-hydroxylation sites is 1. The third-order valence-corrected chi connectivity index (χ3v) is 4.26. The molecule has 2 heterocycles. The molecule has 2 atom stereocenters. The van der Waals surface area contributed by atoms with Crippen molar-refractivity contribution in [3.8, 4) is 0 Å². The molecule has 1 aliphatic rings. The molecule has 1 aromatic heterocycles. The monoisotopic (exact) mass is 243 g/mol. The zero-order valence-electron chi connectivity index (χ0n) is 10.9. The Hall–Kier alpha value is -1.32. The van der Waals surface area contributed by atoms with Crippen LogP contribution in [0.2, 0.25) is 0 Å². The van der Waals surface area contributed by atoms with Crippen LogP contribution in [-0.4, -0.2) is 24.2 Å². The molecule has 1 aliphatic heterocycles. The van der Waals surface area contributed by atoms with Crippen molar-refractivity contribution in [3.63, 3.8) is 0 Å². The number of nitrogens with one attached hydrogen (secondary N) is 1. The third kappa shape index (κ3) is 1.84. The summed E-state index contributed by atoms with van der Waals surface area (Å²) < 4.78 is 2.23. The SMILES string of the molecule is Cn1cc(C2CNCCC2CN)c2ccccc21. The minimum Gasteiger partial charge on any atom is -0.350 e. The zero-order valence-corrected chi connectivity index (χ0v) is 10.9. The van der Waals surface area contributed by atoms with Crippen LogP contribution in [0.15, 0.2) is 30.5 Å². The molecular weight excluding hydrogens is 222 g/mol. The highest BCUT2D eigenvalue weighted by molar-refractivity contribution is 5.84. The van der Waals surface area contributed by atoms with Crippen LogP contribution in [0, 0.1) is 5.92 Å². The molecule has 1 saturated heterocycles. The fraction of sp³-hybridized carbons (Fsp3) is 0.467. The predicted molar refractivity (Wildman–Crippen MR) is 75.7 cm³/mol. The van der Waals surface area contributed by atoms with Crippen LogP contribution in [0.3, 0.4) is 0 Å². The van der Waals surface area contributed by atoms with E-state index in [0.29, 0.717) is 11.8 Å². The number of nitrogens with zero attached hydrogens (tertiary/aromatic N) is 1. The van der Waals surface area contributed by atoms with Crippen LogP contribution in [0.5, 0.6) is 0 Å². The topological polar surface area (TPSA) is 43.0 Å². The Balaban J connectivity index is 2.07. The largest absolute Gasteiger partial charge is 0.350 e. The number of benzene rings is 1. The van der Waals surface area contributed by atoms with Crippen LogP contribution in [0.4, 0.5) is 0 Å². The Morgan fingerprint density at radius 3 is 3.06 bits per heavy atom. The van der Waals surface area contributed by atoms with Gasteiger partial charge in [-0.2, -0.15) is 0 Å². The number of hydrogen-bond acceptors (Lipinski definition) is 2. The van der Waals surface area contributed by atoms with Crippen LogP contribution in [0.1, 0.15) is 17.9 Å². The number of rotatable bonds is 2. The van der Waals surface area contributed by atoms with Gasteiger partial charge < -0.3 is 15.6 Å². The van der Waals surface area contributed by atoms with Crippen molar-refractivity contribution in [1.29, 1.82) is 0 Å². The number of nitrogens with two attached hydrogens (primary N) is 1. The van der Waals surface area contributed by atoms with Gasteiger partial charge >= 0.3 is 0 Å². The molecule has 0 radical (unpaired) electrons. The van der Waals surface area contributed by atoms with E-state index in [1.165, 1.54) is 22.9 Å². The van der Waals surface area contributed by atoms with Crippen LogP contribution < -0.4 is 11.1 Å². The molecule has 3 nitrogen and oxygen atoms in total. The van der Waals surface area contributed by atoms with Gasteiger partial charge in [0.05, 0.1) is 0 Å². The lowest BCUT2D eigenvalue weighted by atomic mass is 9.81. The van der Waals surface area contributed by atoms with Gasteiger partial charge in [-0.3, -0.25) is 0 Å². The molecule has 0 aliphatic carbocycles. The average Bonchev–Trinajstić information content (AvgIpc) is 2.77. The smallest absolute Gasteiger partial charge is 0.0480 e. The van der Waals surface area contributed by atoms with E-state index in [0.717, 1.165) is 19.6 Å². The van der Waals surface area contributed by atoms with E-state index in [-0.39, 0.29) is 0 Å². The highest BCUT2D eigenvalue weighted by atomic mass is 14.9. The first-order chi connectivity index (χ1) is 8.81. The standard InChI is InChI=1S/C15H21N3/c1-18-10-14(12-4-2-3-5-15(12)18)13-9-17-7-6-11(13)8-16/h2-5,10-11,13,17H,6-9,16H2,1H3. The predicted octanol–water partition coefficient (Wildman–Crippen LogP) is 1.83. The van der Waals surface area contributed by atoms with Gasteiger partial charge in [0.15, 0.2) is 0 Å². The van der Waals surface area contributed by atoms with Gasteiger partial charge in [0.2, 0.25) is 0 Å². The maximum Gasteiger partial charge on any atom is 0.0480 e. The summed E-state index contributed by atoms with van der Waals surface area (Å²) in [6, 6.07) is 8.64. The van der Waals surface area contributed by atoms with Gasteiger partial charge in [-0.05, 0) is 37.1 Å². The Kier molecular flexibility index (Phi) is 3.10. The number of piperidine rings is 1. The Labute approximate surface area is 108 Å². The molecule has 0 saturated carbocycles. The molecule has 18 heavy (non-hydrogen) atoms. The molecular formula is C15H21N3.